The van der Waals surface area contributed by atoms with Gasteiger partial charge in [0.05, 0.1) is 0 Å². The molecular formula is C24H26Cl2SiZr+2. The van der Waals surface area contributed by atoms with Crippen molar-refractivity contribution in [1.29, 1.82) is 0 Å². The van der Waals surface area contributed by atoms with Crippen molar-refractivity contribution in [1.82, 2.24) is 0 Å². The third kappa shape index (κ3) is 6.09. The molecule has 0 saturated heterocycles. The van der Waals surface area contributed by atoms with Crippen molar-refractivity contribution in [2.75, 3.05) is 0 Å². The minimum absolute atomic E-state index is 0.609. The summed E-state index contributed by atoms with van der Waals surface area (Å²) in [5.74, 6) is 9.28. The van der Waals surface area contributed by atoms with Gasteiger partial charge in [-0.1, -0.05) is 74.3 Å². The zero-order chi connectivity index (χ0) is 20.1. The summed E-state index contributed by atoms with van der Waals surface area (Å²) in [6.45, 7) is 7.48. The van der Waals surface area contributed by atoms with E-state index in [1.54, 1.807) is 5.92 Å². The Balaban J connectivity index is 0.000000706. The summed E-state index contributed by atoms with van der Waals surface area (Å²) < 4.78 is 0. The number of hydrogen-bond donors (Lipinski definition) is 0. The molecule has 0 spiro atoms. The van der Waals surface area contributed by atoms with Gasteiger partial charge in [-0.2, -0.15) is 0 Å². The molecule has 0 amide bonds. The van der Waals surface area contributed by atoms with E-state index in [1.807, 2.05) is 0 Å². The summed E-state index contributed by atoms with van der Waals surface area (Å²) in [5.41, 5.74) is 0. The molecule has 0 nitrogen and oxygen atoms in total. The Morgan fingerprint density at radius 1 is 0.786 bits per heavy atom. The molecule has 2 saturated carbocycles. The first-order chi connectivity index (χ1) is 13.4. The standard InChI is InChI=1S/C24H26Si.2ClH.Zr/c1-25(2,3)17-21(24-15-14-19-9-5-7-11-23(19)24)16-20-13-12-18-8-4-6-10-22(18)20;;;/h4-15,21H,16-17H2,1-3H3;2*1H;/q;;;+4/p-2. The molecule has 142 valence electrons. The molecule has 0 aromatic heterocycles. The average Bonchev–Trinajstić information content (AvgIpc) is 3.25. The second-order valence-electron chi connectivity index (χ2n) is 8.56. The van der Waals surface area contributed by atoms with Gasteiger partial charge in [-0.05, 0) is 49.9 Å². The van der Waals surface area contributed by atoms with Crippen LogP contribution in [-0.2, 0) is 20.8 Å². The van der Waals surface area contributed by atoms with Crippen molar-refractivity contribution < 1.29 is 20.8 Å². The third-order valence-corrected chi connectivity index (χ3v) is 6.97. The molecule has 0 aromatic carbocycles. The molecule has 0 N–H and O–H groups in total. The van der Waals surface area contributed by atoms with Gasteiger partial charge in [-0.3, -0.25) is 0 Å². The average molecular weight is 505 g/mol. The van der Waals surface area contributed by atoms with E-state index in [0.717, 1.165) is 6.42 Å². The van der Waals surface area contributed by atoms with E-state index in [4.69, 9.17) is 17.0 Å². The van der Waals surface area contributed by atoms with E-state index in [9.17, 15) is 0 Å². The molecular weight excluding hydrogens is 478 g/mol. The number of halogens is 2. The van der Waals surface area contributed by atoms with Crippen molar-refractivity contribution in [2.24, 2.45) is 5.92 Å². The summed E-state index contributed by atoms with van der Waals surface area (Å²) in [6, 6.07) is 1.33. The molecule has 4 rings (SSSR count). The summed E-state index contributed by atoms with van der Waals surface area (Å²) in [5, 5.41) is 0. The second-order valence-corrected chi connectivity index (χ2v) is 17.8. The van der Waals surface area contributed by atoms with Gasteiger partial charge in [0.15, 0.2) is 0 Å². The van der Waals surface area contributed by atoms with Crippen molar-refractivity contribution in [3.8, 4) is 0 Å². The van der Waals surface area contributed by atoms with Crippen molar-refractivity contribution in [3.63, 3.8) is 0 Å². The molecule has 0 bridgehead atoms. The van der Waals surface area contributed by atoms with Crippen LogP contribution >= 0.6 is 17.0 Å². The van der Waals surface area contributed by atoms with E-state index >= 15 is 0 Å². The zero-order valence-electron chi connectivity index (χ0n) is 16.7. The first-order valence-electron chi connectivity index (χ1n) is 9.67. The molecule has 4 aliphatic rings. The Morgan fingerprint density at radius 3 is 1.96 bits per heavy atom. The predicted octanol–water partition coefficient (Wildman–Crippen LogP) is 7.25. The molecule has 1 unspecified atom stereocenters. The number of allylic oxidation sites excluding steroid dienone is 8. The SMILES string of the molecule is C[Si](C)(C)CC(C[C]1[CH][CH][C]2C=CC=C[C]21)[C]1[CH][CH][C]2C=CC=C[C]21.[Cl][Zr+2][Cl]. The Bertz CT molecular complexity index is 619. The molecule has 0 aliphatic heterocycles. The molecule has 4 aliphatic carbocycles. The van der Waals surface area contributed by atoms with Gasteiger partial charge in [-0.25, -0.2) is 0 Å². The molecule has 0 heterocycles. The van der Waals surface area contributed by atoms with Crippen LogP contribution in [0.1, 0.15) is 6.42 Å². The molecule has 1 atom stereocenters. The van der Waals surface area contributed by atoms with Gasteiger partial charge in [0.2, 0.25) is 0 Å². The summed E-state index contributed by atoms with van der Waals surface area (Å²) in [7, 11) is 8.70. The topological polar surface area (TPSA) is 0 Å². The summed E-state index contributed by atoms with van der Waals surface area (Å²) in [4.78, 5) is 0. The Kier molecular flexibility index (Phi) is 8.98. The van der Waals surface area contributed by atoms with Crippen LogP contribution in [0.5, 0.6) is 0 Å². The summed E-state index contributed by atoms with van der Waals surface area (Å²) in [6.07, 6.45) is 28.1. The number of hydrogen-bond acceptors (Lipinski definition) is 0. The number of fused-ring (bicyclic) bond motifs is 2. The van der Waals surface area contributed by atoms with Crippen molar-refractivity contribution in [3.05, 3.63) is 110 Å². The monoisotopic (exact) mass is 502 g/mol. The van der Waals surface area contributed by atoms with Gasteiger partial charge in [-0.15, -0.1) is 0 Å². The molecule has 2 fully saturated rings. The quantitative estimate of drug-likeness (QED) is 0.346. The molecule has 0 aromatic rings. The van der Waals surface area contributed by atoms with Gasteiger partial charge < -0.3 is 0 Å². The van der Waals surface area contributed by atoms with E-state index in [1.165, 1.54) is 35.6 Å². The van der Waals surface area contributed by atoms with Gasteiger partial charge in [0, 0.05) is 31.7 Å². The Hall–Kier alpha value is 0.640. The fraction of sp³-hybridized carbons (Fsp3) is 0.250. The number of rotatable bonds is 5. The van der Waals surface area contributed by atoms with Gasteiger partial charge in [0.1, 0.15) is 0 Å². The predicted molar refractivity (Wildman–Crippen MR) is 121 cm³/mol. The normalized spacial score (nSPS) is 24.8. The third-order valence-electron chi connectivity index (χ3n) is 5.25. The fourth-order valence-electron chi connectivity index (χ4n) is 4.22. The first kappa shape index (κ1) is 23.3. The molecule has 10 radical (unpaired) electrons. The fourth-order valence-corrected chi connectivity index (χ4v) is 6.06. The van der Waals surface area contributed by atoms with Crippen LogP contribution in [0.3, 0.4) is 0 Å². The van der Waals surface area contributed by atoms with E-state index in [0.29, 0.717) is 5.92 Å². The van der Waals surface area contributed by atoms with E-state index in [2.05, 4.69) is 93.9 Å². The van der Waals surface area contributed by atoms with Crippen molar-refractivity contribution >= 4 is 25.1 Å². The van der Waals surface area contributed by atoms with E-state index < -0.39 is 28.9 Å². The second kappa shape index (κ2) is 10.8. The maximum atomic E-state index is 4.93. The van der Waals surface area contributed by atoms with E-state index in [-0.39, 0.29) is 0 Å². The van der Waals surface area contributed by atoms with Crippen LogP contribution in [-0.4, -0.2) is 8.07 Å². The van der Waals surface area contributed by atoms with Crippen LogP contribution in [0.2, 0.25) is 25.7 Å². The van der Waals surface area contributed by atoms with Crippen LogP contribution in [0.15, 0.2) is 48.6 Å². The van der Waals surface area contributed by atoms with Crippen LogP contribution in [0.4, 0.5) is 0 Å². The van der Waals surface area contributed by atoms with Crippen LogP contribution in [0, 0.1) is 67.1 Å². The first-order valence-corrected chi connectivity index (χ1v) is 19.7. The van der Waals surface area contributed by atoms with Gasteiger partial charge >= 0.3 is 37.9 Å². The summed E-state index contributed by atoms with van der Waals surface area (Å²) >= 11 is -0.826. The Labute approximate surface area is 192 Å². The minimum atomic E-state index is -1.16. The van der Waals surface area contributed by atoms with Crippen LogP contribution in [0.25, 0.3) is 0 Å². The zero-order valence-corrected chi connectivity index (χ0v) is 21.6. The maximum absolute atomic E-state index is 4.93. The molecule has 4 heteroatoms. The van der Waals surface area contributed by atoms with Gasteiger partial charge in [0.25, 0.3) is 0 Å². The Morgan fingerprint density at radius 2 is 1.32 bits per heavy atom. The van der Waals surface area contributed by atoms with Crippen molar-refractivity contribution in [2.45, 2.75) is 32.1 Å². The van der Waals surface area contributed by atoms with Crippen LogP contribution < -0.4 is 0 Å². The molecule has 28 heavy (non-hydrogen) atoms.